The average molecular weight is 338 g/mol. The Labute approximate surface area is 130 Å². The molecule has 0 saturated carbocycles. The lowest BCUT2D eigenvalue weighted by atomic mass is 10.1. The largest absolute Gasteiger partial charge is 0.383 e. The summed E-state index contributed by atoms with van der Waals surface area (Å²) in [4.78, 5) is 5.33. The summed E-state index contributed by atoms with van der Waals surface area (Å²) < 4.78 is 1.15. The second-order valence-electron chi connectivity index (χ2n) is 6.04. The van der Waals surface area contributed by atoms with E-state index in [0.717, 1.165) is 23.6 Å². The highest BCUT2D eigenvalue weighted by Gasteiger charge is 2.33. The van der Waals surface area contributed by atoms with Crippen LogP contribution in [0.3, 0.4) is 0 Å². The van der Waals surface area contributed by atoms with E-state index >= 15 is 0 Å². The monoisotopic (exact) mass is 337 g/mol. The van der Waals surface area contributed by atoms with E-state index in [9.17, 15) is 0 Å². The van der Waals surface area contributed by atoms with Crippen molar-refractivity contribution in [3.8, 4) is 0 Å². The fourth-order valence-electron chi connectivity index (χ4n) is 3.50. The molecule has 0 aromatic heterocycles. The first-order valence-corrected chi connectivity index (χ1v) is 8.50. The summed E-state index contributed by atoms with van der Waals surface area (Å²) in [6.07, 6.45) is 2.78. The van der Waals surface area contributed by atoms with Crippen molar-refractivity contribution in [1.82, 2.24) is 9.80 Å². The fourth-order valence-corrected chi connectivity index (χ4v) is 3.92. The predicted octanol–water partition coefficient (Wildman–Crippen LogP) is 3.03. The zero-order valence-corrected chi connectivity index (χ0v) is 13.8. The van der Waals surface area contributed by atoms with Gasteiger partial charge in [-0.2, -0.15) is 0 Å². The number of hydrogen-bond acceptors (Lipinski definition) is 3. The molecular weight excluding hydrogens is 314 g/mol. The average Bonchev–Trinajstić information content (AvgIpc) is 2.88. The number of rotatable bonds is 4. The van der Waals surface area contributed by atoms with Crippen LogP contribution in [0.15, 0.2) is 28.7 Å². The first kappa shape index (κ1) is 14.4. The first-order chi connectivity index (χ1) is 9.74. The summed E-state index contributed by atoms with van der Waals surface area (Å²) in [5, 5.41) is 3.54. The molecule has 1 N–H and O–H groups in total. The third kappa shape index (κ3) is 3.18. The van der Waals surface area contributed by atoms with E-state index in [1.807, 2.05) is 0 Å². The summed E-state index contributed by atoms with van der Waals surface area (Å²) in [6.45, 7) is 8.33. The number of piperazine rings is 1. The van der Waals surface area contributed by atoms with Crippen molar-refractivity contribution in [3.63, 3.8) is 0 Å². The Morgan fingerprint density at radius 2 is 2.15 bits per heavy atom. The molecule has 0 aliphatic carbocycles. The van der Waals surface area contributed by atoms with Gasteiger partial charge in [-0.25, -0.2) is 0 Å². The number of nitrogens with zero attached hydrogens (tertiary/aromatic N) is 2. The smallest absolute Gasteiger partial charge is 0.0485 e. The third-order valence-corrected chi connectivity index (χ3v) is 5.35. The maximum Gasteiger partial charge on any atom is 0.0485 e. The number of nitrogens with one attached hydrogen (secondary N) is 1. The maximum atomic E-state index is 3.59. The molecule has 2 unspecified atom stereocenters. The molecule has 2 aliphatic heterocycles. The summed E-state index contributed by atoms with van der Waals surface area (Å²) in [6, 6.07) is 9.84. The number of fused-ring (bicyclic) bond motifs is 1. The number of hydrogen-bond donors (Lipinski definition) is 1. The van der Waals surface area contributed by atoms with Gasteiger partial charge in [-0.1, -0.05) is 12.1 Å². The van der Waals surface area contributed by atoms with E-state index in [4.69, 9.17) is 0 Å². The number of benzene rings is 1. The molecule has 2 fully saturated rings. The van der Waals surface area contributed by atoms with E-state index in [-0.39, 0.29) is 0 Å². The van der Waals surface area contributed by atoms with Crippen LogP contribution in [0.5, 0.6) is 0 Å². The number of anilines is 1. The van der Waals surface area contributed by atoms with Crippen LogP contribution in [0.4, 0.5) is 5.69 Å². The topological polar surface area (TPSA) is 18.5 Å². The van der Waals surface area contributed by atoms with E-state index in [1.54, 1.807) is 0 Å². The van der Waals surface area contributed by atoms with Gasteiger partial charge in [0, 0.05) is 48.4 Å². The van der Waals surface area contributed by atoms with Crippen molar-refractivity contribution in [3.05, 3.63) is 28.7 Å². The van der Waals surface area contributed by atoms with Gasteiger partial charge in [-0.3, -0.25) is 9.80 Å². The van der Waals surface area contributed by atoms with Gasteiger partial charge in [0.25, 0.3) is 0 Å². The molecule has 2 heterocycles. The van der Waals surface area contributed by atoms with Gasteiger partial charge in [-0.15, -0.1) is 0 Å². The van der Waals surface area contributed by atoms with Gasteiger partial charge in [0.2, 0.25) is 0 Å². The number of para-hydroxylation sites is 1. The van der Waals surface area contributed by atoms with Gasteiger partial charge in [0.1, 0.15) is 0 Å². The van der Waals surface area contributed by atoms with Crippen LogP contribution in [0.25, 0.3) is 0 Å². The molecule has 2 saturated heterocycles. The van der Waals surface area contributed by atoms with E-state index < -0.39 is 0 Å². The molecule has 3 nitrogen and oxygen atoms in total. The van der Waals surface area contributed by atoms with Crippen molar-refractivity contribution >= 4 is 21.6 Å². The molecular formula is C16H24BrN3. The van der Waals surface area contributed by atoms with E-state index in [2.05, 4.69) is 62.2 Å². The van der Waals surface area contributed by atoms with Crippen molar-refractivity contribution in [2.75, 3.05) is 38.0 Å². The molecule has 20 heavy (non-hydrogen) atoms. The molecule has 2 atom stereocenters. The molecule has 0 radical (unpaired) electrons. The number of halogens is 1. The standard InChI is InChI=1S/C16H24BrN3/c1-13-11-20-9-4-5-14(20)12-19(13)10-8-18-16-7-3-2-6-15(16)17/h2-3,6-7,13-14,18H,4-5,8-12H2,1H3. The van der Waals surface area contributed by atoms with Crippen molar-refractivity contribution in [2.24, 2.45) is 0 Å². The van der Waals surface area contributed by atoms with E-state index in [1.165, 1.54) is 38.2 Å². The molecule has 110 valence electrons. The Bertz CT molecular complexity index is 451. The zero-order valence-electron chi connectivity index (χ0n) is 12.2. The molecule has 1 aromatic carbocycles. The second kappa shape index (κ2) is 6.46. The lowest BCUT2D eigenvalue weighted by Gasteiger charge is -2.42. The van der Waals surface area contributed by atoms with Gasteiger partial charge in [0.05, 0.1) is 0 Å². The minimum Gasteiger partial charge on any atom is -0.383 e. The van der Waals surface area contributed by atoms with Crippen LogP contribution in [0, 0.1) is 0 Å². The lowest BCUT2D eigenvalue weighted by molar-refractivity contribution is 0.0627. The molecule has 2 aliphatic rings. The normalized spacial score (nSPS) is 27.5. The van der Waals surface area contributed by atoms with Crippen LogP contribution in [-0.4, -0.2) is 54.6 Å². The van der Waals surface area contributed by atoms with Crippen molar-refractivity contribution < 1.29 is 0 Å². The maximum absolute atomic E-state index is 3.59. The minimum atomic E-state index is 0.686. The minimum absolute atomic E-state index is 0.686. The van der Waals surface area contributed by atoms with Gasteiger partial charge < -0.3 is 5.32 Å². The van der Waals surface area contributed by atoms with Gasteiger partial charge in [0.15, 0.2) is 0 Å². The van der Waals surface area contributed by atoms with Gasteiger partial charge in [-0.05, 0) is 54.4 Å². The summed E-state index contributed by atoms with van der Waals surface area (Å²) >= 11 is 3.59. The van der Waals surface area contributed by atoms with Crippen LogP contribution >= 0.6 is 15.9 Å². The molecule has 0 bridgehead atoms. The van der Waals surface area contributed by atoms with Crippen LogP contribution < -0.4 is 5.32 Å². The molecule has 4 heteroatoms. The Balaban J connectivity index is 1.49. The Morgan fingerprint density at radius 1 is 1.30 bits per heavy atom. The third-order valence-electron chi connectivity index (χ3n) is 4.65. The highest BCUT2D eigenvalue weighted by molar-refractivity contribution is 9.10. The summed E-state index contributed by atoms with van der Waals surface area (Å²) in [5.41, 5.74) is 1.19. The van der Waals surface area contributed by atoms with Crippen molar-refractivity contribution in [1.29, 1.82) is 0 Å². The molecule has 0 amide bonds. The Hall–Kier alpha value is -0.580. The highest BCUT2D eigenvalue weighted by atomic mass is 79.9. The van der Waals surface area contributed by atoms with Crippen LogP contribution in [-0.2, 0) is 0 Å². The molecule has 1 aromatic rings. The van der Waals surface area contributed by atoms with Crippen LogP contribution in [0.2, 0.25) is 0 Å². The highest BCUT2D eigenvalue weighted by Crippen LogP contribution is 2.24. The second-order valence-corrected chi connectivity index (χ2v) is 6.90. The zero-order chi connectivity index (χ0) is 13.9. The predicted molar refractivity (Wildman–Crippen MR) is 88.3 cm³/mol. The lowest BCUT2D eigenvalue weighted by Crippen LogP contribution is -2.55. The SMILES string of the molecule is CC1CN2CCCC2CN1CCNc1ccccc1Br. The van der Waals surface area contributed by atoms with Crippen molar-refractivity contribution in [2.45, 2.75) is 31.8 Å². The summed E-state index contributed by atoms with van der Waals surface area (Å²) in [7, 11) is 0. The molecule has 0 spiro atoms. The Morgan fingerprint density at radius 3 is 3.00 bits per heavy atom. The summed E-state index contributed by atoms with van der Waals surface area (Å²) in [5.74, 6) is 0. The quantitative estimate of drug-likeness (QED) is 0.910. The van der Waals surface area contributed by atoms with E-state index in [0.29, 0.717) is 6.04 Å². The first-order valence-electron chi connectivity index (χ1n) is 7.70. The molecule has 3 rings (SSSR count). The van der Waals surface area contributed by atoms with Gasteiger partial charge >= 0.3 is 0 Å². The van der Waals surface area contributed by atoms with Crippen LogP contribution in [0.1, 0.15) is 19.8 Å². The fraction of sp³-hybridized carbons (Fsp3) is 0.625. The Kier molecular flexibility index (Phi) is 4.64.